The van der Waals surface area contributed by atoms with E-state index in [0.717, 1.165) is 61.5 Å². The van der Waals surface area contributed by atoms with Gasteiger partial charge in [0.05, 0.1) is 5.69 Å². The third-order valence-corrected chi connectivity index (χ3v) is 5.75. The van der Waals surface area contributed by atoms with Crippen molar-refractivity contribution in [2.45, 2.75) is 64.9 Å². The number of nitrogens with zero attached hydrogens (tertiary/aromatic N) is 1. The number of rotatable bonds is 7. The predicted octanol–water partition coefficient (Wildman–Crippen LogP) is 5.54. The number of carbonyl (C=O) groups excluding carboxylic acids is 1. The van der Waals surface area contributed by atoms with Crippen LogP contribution < -0.4 is 10.6 Å². The molecule has 1 aromatic heterocycles. The number of amides is 1. The van der Waals surface area contributed by atoms with Gasteiger partial charge < -0.3 is 15.4 Å². The van der Waals surface area contributed by atoms with Gasteiger partial charge in [0.25, 0.3) is 0 Å². The Balaban J connectivity index is 1.42. The zero-order valence-corrected chi connectivity index (χ0v) is 18.3. The fourth-order valence-electron chi connectivity index (χ4n) is 3.36. The number of anilines is 1. The first-order valence-corrected chi connectivity index (χ1v) is 11.1. The van der Waals surface area contributed by atoms with E-state index < -0.39 is 5.60 Å². The number of alkyl carbamates (subject to hydrolysis) is 1. The van der Waals surface area contributed by atoms with Crippen LogP contribution in [0.25, 0.3) is 11.3 Å². The van der Waals surface area contributed by atoms with Crippen molar-refractivity contribution < 1.29 is 13.9 Å². The molecule has 0 bridgehead atoms. The Kier molecular flexibility index (Phi) is 7.11. The summed E-state index contributed by atoms with van der Waals surface area (Å²) in [7, 11) is 0. The van der Waals surface area contributed by atoms with Gasteiger partial charge in [-0.3, -0.25) is 0 Å². The Hall–Kier alpha value is -2.15. The van der Waals surface area contributed by atoms with Crippen LogP contribution in [0.2, 0.25) is 0 Å². The molecule has 0 radical (unpaired) electrons. The Morgan fingerprint density at radius 3 is 2.79 bits per heavy atom. The van der Waals surface area contributed by atoms with Crippen molar-refractivity contribution in [3.8, 4) is 11.3 Å². The fraction of sp³-hybridized carbons (Fsp3) is 0.545. The topological polar surface area (TPSA) is 63.2 Å². The smallest absolute Gasteiger partial charge is 0.407 e. The molecular formula is C22H30FN3O2S. The van der Waals surface area contributed by atoms with E-state index in [9.17, 15) is 9.18 Å². The molecule has 1 aliphatic rings. The number of thiazole rings is 1. The quantitative estimate of drug-likeness (QED) is 0.578. The molecule has 1 amide bonds. The highest BCUT2D eigenvalue weighted by atomic mass is 32.1. The standard InChI is InChI=1S/C22H30FN3O2S/c1-22(2,3)28-21(27)25-13-6-4-5-12-24-20-26-19-17-14-16(23)11-10-15(17)8-7-9-18(19)29-20/h10-11,14H,4-9,12-13H2,1-3H3,(H,24,26)(H,25,27). The number of aryl methyl sites for hydroxylation is 2. The summed E-state index contributed by atoms with van der Waals surface area (Å²) in [6, 6.07) is 5.03. The Morgan fingerprint density at radius 1 is 1.21 bits per heavy atom. The highest BCUT2D eigenvalue weighted by Gasteiger charge is 2.20. The normalized spacial score (nSPS) is 13.2. The van der Waals surface area contributed by atoms with Gasteiger partial charge in [-0.1, -0.05) is 6.07 Å². The number of hydrogen-bond acceptors (Lipinski definition) is 5. The van der Waals surface area contributed by atoms with Crippen molar-refractivity contribution in [1.82, 2.24) is 10.3 Å². The van der Waals surface area contributed by atoms with Crippen LogP contribution in [0.15, 0.2) is 18.2 Å². The van der Waals surface area contributed by atoms with Gasteiger partial charge in [0.15, 0.2) is 5.13 Å². The molecule has 158 valence electrons. The van der Waals surface area contributed by atoms with Crippen LogP contribution in [0.5, 0.6) is 0 Å². The molecule has 1 aliphatic carbocycles. The summed E-state index contributed by atoms with van der Waals surface area (Å²) in [4.78, 5) is 17.6. The molecular weight excluding hydrogens is 389 g/mol. The summed E-state index contributed by atoms with van der Waals surface area (Å²) in [6.45, 7) is 7.00. The highest BCUT2D eigenvalue weighted by molar-refractivity contribution is 7.16. The van der Waals surface area contributed by atoms with Gasteiger partial charge in [-0.25, -0.2) is 14.2 Å². The van der Waals surface area contributed by atoms with Crippen LogP contribution in [0.1, 0.15) is 56.9 Å². The number of fused-ring (bicyclic) bond motifs is 3. The number of ether oxygens (including phenoxy) is 1. The van der Waals surface area contributed by atoms with E-state index in [2.05, 4.69) is 10.6 Å². The summed E-state index contributed by atoms with van der Waals surface area (Å²) in [5.74, 6) is -0.209. The molecule has 0 saturated heterocycles. The minimum Gasteiger partial charge on any atom is -0.444 e. The van der Waals surface area contributed by atoms with Crippen LogP contribution in [-0.2, 0) is 17.6 Å². The molecule has 29 heavy (non-hydrogen) atoms. The van der Waals surface area contributed by atoms with E-state index in [-0.39, 0.29) is 11.9 Å². The lowest BCUT2D eigenvalue weighted by atomic mass is 10.0. The molecule has 7 heteroatoms. The molecule has 0 saturated carbocycles. The first-order valence-electron chi connectivity index (χ1n) is 10.3. The lowest BCUT2D eigenvalue weighted by Crippen LogP contribution is -2.33. The van der Waals surface area contributed by atoms with Crippen LogP contribution in [0, 0.1) is 5.82 Å². The maximum absolute atomic E-state index is 13.7. The molecule has 1 heterocycles. The molecule has 2 aromatic rings. The maximum Gasteiger partial charge on any atom is 0.407 e. The van der Waals surface area contributed by atoms with E-state index in [1.54, 1.807) is 17.4 Å². The van der Waals surface area contributed by atoms with Gasteiger partial charge >= 0.3 is 6.09 Å². The van der Waals surface area contributed by atoms with Crippen molar-refractivity contribution in [1.29, 1.82) is 0 Å². The van der Waals surface area contributed by atoms with E-state index >= 15 is 0 Å². The van der Waals surface area contributed by atoms with Gasteiger partial charge in [-0.05, 0) is 77.0 Å². The molecule has 0 unspecified atom stereocenters. The summed E-state index contributed by atoms with van der Waals surface area (Å²) in [6.07, 6.45) is 5.56. The molecule has 1 aromatic carbocycles. The first-order chi connectivity index (χ1) is 13.8. The minimum absolute atomic E-state index is 0.209. The van der Waals surface area contributed by atoms with Crippen molar-refractivity contribution in [3.63, 3.8) is 0 Å². The molecule has 0 fully saturated rings. The maximum atomic E-state index is 13.7. The lowest BCUT2D eigenvalue weighted by molar-refractivity contribution is 0.0527. The Morgan fingerprint density at radius 2 is 2.00 bits per heavy atom. The number of unbranched alkanes of at least 4 members (excludes halogenated alkanes) is 2. The second-order valence-corrected chi connectivity index (χ2v) is 9.45. The van der Waals surface area contributed by atoms with Gasteiger partial charge in [-0.2, -0.15) is 0 Å². The second kappa shape index (κ2) is 9.57. The molecule has 0 atom stereocenters. The molecule has 5 nitrogen and oxygen atoms in total. The Bertz CT molecular complexity index is 845. The van der Waals surface area contributed by atoms with Crippen LogP contribution >= 0.6 is 11.3 Å². The summed E-state index contributed by atoms with van der Waals surface area (Å²) >= 11 is 1.68. The van der Waals surface area contributed by atoms with E-state index in [4.69, 9.17) is 9.72 Å². The van der Waals surface area contributed by atoms with Crippen LogP contribution in [0.3, 0.4) is 0 Å². The lowest BCUT2D eigenvalue weighted by Gasteiger charge is -2.19. The van der Waals surface area contributed by atoms with Gasteiger partial charge in [0.1, 0.15) is 11.4 Å². The number of hydrogen-bond donors (Lipinski definition) is 2. The average molecular weight is 420 g/mol. The third-order valence-electron chi connectivity index (χ3n) is 4.67. The van der Waals surface area contributed by atoms with E-state index in [1.807, 2.05) is 26.8 Å². The summed E-state index contributed by atoms with van der Waals surface area (Å²) in [5, 5.41) is 7.08. The zero-order chi connectivity index (χ0) is 20.9. The SMILES string of the molecule is CC(C)(C)OC(=O)NCCCCCNc1nc2c(s1)CCCc1ccc(F)cc1-2. The van der Waals surface area contributed by atoms with Gasteiger partial charge in [0, 0.05) is 23.5 Å². The van der Waals surface area contributed by atoms with Gasteiger partial charge in [-0.15, -0.1) is 11.3 Å². The van der Waals surface area contributed by atoms with Crippen LogP contribution in [0.4, 0.5) is 14.3 Å². The molecule has 0 spiro atoms. The van der Waals surface area contributed by atoms with Crippen molar-refractivity contribution >= 4 is 22.6 Å². The molecule has 3 rings (SSSR count). The average Bonchev–Trinajstić information content (AvgIpc) is 2.96. The number of benzene rings is 1. The van der Waals surface area contributed by atoms with Crippen molar-refractivity contribution in [2.24, 2.45) is 0 Å². The highest BCUT2D eigenvalue weighted by Crippen LogP contribution is 2.37. The fourth-order valence-corrected chi connectivity index (χ4v) is 4.40. The molecule has 2 N–H and O–H groups in total. The Labute approximate surface area is 176 Å². The molecule has 0 aliphatic heterocycles. The van der Waals surface area contributed by atoms with Gasteiger partial charge in [0.2, 0.25) is 0 Å². The summed E-state index contributed by atoms with van der Waals surface area (Å²) < 4.78 is 18.9. The van der Waals surface area contributed by atoms with Crippen molar-refractivity contribution in [2.75, 3.05) is 18.4 Å². The number of halogens is 1. The first kappa shape index (κ1) is 21.6. The van der Waals surface area contributed by atoms with Crippen molar-refractivity contribution in [3.05, 3.63) is 34.5 Å². The second-order valence-electron chi connectivity index (χ2n) is 8.36. The van der Waals surface area contributed by atoms with E-state index in [1.165, 1.54) is 16.5 Å². The monoisotopic (exact) mass is 419 g/mol. The largest absolute Gasteiger partial charge is 0.444 e. The summed E-state index contributed by atoms with van der Waals surface area (Å²) in [5.41, 5.74) is 2.59. The van der Waals surface area contributed by atoms with E-state index in [0.29, 0.717) is 6.54 Å². The number of aromatic nitrogens is 1. The third kappa shape index (κ3) is 6.42. The minimum atomic E-state index is -0.466. The number of carbonyl (C=O) groups is 1. The predicted molar refractivity (Wildman–Crippen MR) is 116 cm³/mol. The zero-order valence-electron chi connectivity index (χ0n) is 17.4. The number of nitrogens with one attached hydrogen (secondary N) is 2. The van der Waals surface area contributed by atoms with Crippen LogP contribution in [-0.4, -0.2) is 29.8 Å².